The quantitative estimate of drug-likeness (QED) is 0.336. The lowest BCUT2D eigenvalue weighted by molar-refractivity contribution is -0.137. The molecular weight excluding hydrogens is 256 g/mol. The fraction of sp³-hybridized carbons (Fsp3) is 0.364. The van der Waals surface area contributed by atoms with Crippen LogP contribution in [0.25, 0.3) is 0 Å². The minimum Gasteiger partial charge on any atom is -0.504 e. The van der Waals surface area contributed by atoms with E-state index in [0.717, 1.165) is 5.56 Å². The molecule has 0 aliphatic heterocycles. The Hall–Kier alpha value is -1.44. The number of thiol groups is 1. The number of rotatable bonds is 4. The van der Waals surface area contributed by atoms with Crippen molar-refractivity contribution in [2.75, 3.05) is 12.3 Å². The van der Waals surface area contributed by atoms with Gasteiger partial charge in [0, 0.05) is 5.75 Å². The number of phenols is 2. The standard InChI is InChI=1S/C8H11NO2.C3H7NO2S/c9-4-3-6-1-2-7(10)8(11)5-6;4-2(1-7)3(5)6/h1-2,5,10-11H,3-4,9H2;2,7H,1,4H2,(H,5,6). The molecule has 0 bridgehead atoms. The van der Waals surface area contributed by atoms with Crippen LogP contribution in [-0.2, 0) is 11.2 Å². The van der Waals surface area contributed by atoms with Crippen LogP contribution in [0, 0.1) is 0 Å². The molecule has 0 heterocycles. The van der Waals surface area contributed by atoms with Crippen LogP contribution in [0.4, 0.5) is 0 Å². The predicted molar refractivity (Wildman–Crippen MR) is 72.0 cm³/mol. The van der Waals surface area contributed by atoms with Gasteiger partial charge in [0.25, 0.3) is 0 Å². The van der Waals surface area contributed by atoms with E-state index in [4.69, 9.17) is 26.8 Å². The molecule has 0 aliphatic rings. The third kappa shape index (κ3) is 6.33. The minimum absolute atomic E-state index is 0.0871. The Morgan fingerprint density at radius 1 is 1.33 bits per heavy atom. The van der Waals surface area contributed by atoms with E-state index in [1.165, 1.54) is 12.1 Å². The summed E-state index contributed by atoms with van der Waals surface area (Å²) in [4.78, 5) is 9.76. The van der Waals surface area contributed by atoms with Gasteiger partial charge in [-0.15, -0.1) is 0 Å². The van der Waals surface area contributed by atoms with E-state index in [-0.39, 0.29) is 17.3 Å². The Labute approximate surface area is 111 Å². The van der Waals surface area contributed by atoms with Crippen LogP contribution in [0.15, 0.2) is 18.2 Å². The van der Waals surface area contributed by atoms with Crippen molar-refractivity contribution in [1.82, 2.24) is 0 Å². The number of aliphatic carboxylic acids is 1. The highest BCUT2D eigenvalue weighted by molar-refractivity contribution is 7.80. The second kappa shape index (κ2) is 8.62. The molecule has 7 N–H and O–H groups in total. The van der Waals surface area contributed by atoms with Crippen LogP contribution in [-0.4, -0.2) is 39.6 Å². The molecule has 0 amide bonds. The lowest BCUT2D eigenvalue weighted by Crippen LogP contribution is -2.31. The lowest BCUT2D eigenvalue weighted by atomic mass is 10.1. The Balaban J connectivity index is 0.000000360. The van der Waals surface area contributed by atoms with Crippen molar-refractivity contribution in [3.63, 3.8) is 0 Å². The molecule has 1 aromatic carbocycles. The second-order valence-corrected chi connectivity index (χ2v) is 3.85. The van der Waals surface area contributed by atoms with Gasteiger partial charge in [-0.25, -0.2) is 0 Å². The molecule has 0 radical (unpaired) electrons. The zero-order valence-corrected chi connectivity index (χ0v) is 10.7. The van der Waals surface area contributed by atoms with Gasteiger partial charge < -0.3 is 26.8 Å². The molecule has 0 aromatic heterocycles. The third-order valence-corrected chi connectivity index (χ3v) is 2.38. The predicted octanol–water partition coefficient (Wildman–Crippen LogP) is -0.0729. The van der Waals surface area contributed by atoms with Crippen molar-refractivity contribution in [2.24, 2.45) is 11.5 Å². The molecule has 0 spiro atoms. The van der Waals surface area contributed by atoms with Crippen LogP contribution >= 0.6 is 12.6 Å². The molecule has 6 nitrogen and oxygen atoms in total. The summed E-state index contributed by atoms with van der Waals surface area (Å²) < 4.78 is 0. The van der Waals surface area contributed by atoms with E-state index in [2.05, 4.69) is 12.6 Å². The second-order valence-electron chi connectivity index (χ2n) is 3.49. The summed E-state index contributed by atoms with van der Waals surface area (Å²) in [6.07, 6.45) is 0.716. The van der Waals surface area contributed by atoms with Crippen LogP contribution in [0.1, 0.15) is 5.56 Å². The van der Waals surface area contributed by atoms with Crippen LogP contribution in [0.2, 0.25) is 0 Å². The first-order chi connectivity index (χ1) is 8.42. The van der Waals surface area contributed by atoms with Crippen LogP contribution < -0.4 is 11.5 Å². The first-order valence-electron chi connectivity index (χ1n) is 5.22. The molecule has 1 aromatic rings. The summed E-state index contributed by atoms with van der Waals surface area (Å²) in [7, 11) is 0. The van der Waals surface area contributed by atoms with E-state index >= 15 is 0 Å². The zero-order valence-electron chi connectivity index (χ0n) is 9.78. The normalized spacial score (nSPS) is 11.3. The van der Waals surface area contributed by atoms with Gasteiger partial charge in [-0.3, -0.25) is 4.79 Å². The van der Waals surface area contributed by atoms with E-state index in [9.17, 15) is 4.79 Å². The maximum Gasteiger partial charge on any atom is 0.321 e. The van der Waals surface area contributed by atoms with Crippen LogP contribution in [0.3, 0.4) is 0 Å². The van der Waals surface area contributed by atoms with E-state index in [1.807, 2.05) is 0 Å². The fourth-order valence-electron chi connectivity index (χ4n) is 0.969. The molecule has 1 atom stereocenters. The molecule has 18 heavy (non-hydrogen) atoms. The highest BCUT2D eigenvalue weighted by atomic mass is 32.1. The van der Waals surface area contributed by atoms with E-state index in [0.29, 0.717) is 13.0 Å². The van der Waals surface area contributed by atoms with Crippen molar-refractivity contribution in [1.29, 1.82) is 0 Å². The molecule has 7 heteroatoms. The molecule has 0 fully saturated rings. The first kappa shape index (κ1) is 16.6. The van der Waals surface area contributed by atoms with Crippen molar-refractivity contribution in [2.45, 2.75) is 12.5 Å². The highest BCUT2D eigenvalue weighted by Gasteiger charge is 2.06. The van der Waals surface area contributed by atoms with Crippen LogP contribution in [0.5, 0.6) is 11.5 Å². The average Bonchev–Trinajstić information content (AvgIpc) is 2.34. The number of phenolic OH excluding ortho intramolecular Hbond substituents is 2. The van der Waals surface area contributed by atoms with Gasteiger partial charge in [0.15, 0.2) is 11.5 Å². The maximum absolute atomic E-state index is 9.76. The number of hydrogen-bond donors (Lipinski definition) is 6. The Bertz CT molecular complexity index is 387. The van der Waals surface area contributed by atoms with Gasteiger partial charge >= 0.3 is 5.97 Å². The van der Waals surface area contributed by atoms with Gasteiger partial charge in [0.1, 0.15) is 6.04 Å². The van der Waals surface area contributed by atoms with Crippen molar-refractivity contribution in [3.05, 3.63) is 23.8 Å². The van der Waals surface area contributed by atoms with Crippen molar-refractivity contribution < 1.29 is 20.1 Å². The molecule has 1 rings (SSSR count). The number of benzene rings is 1. The minimum atomic E-state index is -1.00. The molecule has 1 unspecified atom stereocenters. The van der Waals surface area contributed by atoms with Gasteiger partial charge in [-0.2, -0.15) is 12.6 Å². The van der Waals surface area contributed by atoms with Gasteiger partial charge in [0.2, 0.25) is 0 Å². The first-order valence-corrected chi connectivity index (χ1v) is 5.85. The Morgan fingerprint density at radius 3 is 2.28 bits per heavy atom. The van der Waals surface area contributed by atoms with Gasteiger partial charge in [-0.1, -0.05) is 6.07 Å². The van der Waals surface area contributed by atoms with Crippen molar-refractivity contribution in [3.8, 4) is 11.5 Å². The Kier molecular flexibility index (Phi) is 7.93. The average molecular weight is 274 g/mol. The largest absolute Gasteiger partial charge is 0.504 e. The summed E-state index contributed by atoms with van der Waals surface area (Å²) in [6.45, 7) is 0.546. The SMILES string of the molecule is NC(CS)C(=O)O.NCCc1ccc(O)c(O)c1. The van der Waals surface area contributed by atoms with E-state index < -0.39 is 12.0 Å². The summed E-state index contributed by atoms with van der Waals surface area (Å²) in [5.41, 5.74) is 11.2. The number of carboxylic acid groups (broad SMARTS) is 1. The summed E-state index contributed by atoms with van der Waals surface area (Å²) >= 11 is 3.65. The molecule has 0 saturated carbocycles. The number of aromatic hydroxyl groups is 2. The zero-order chi connectivity index (χ0) is 14.1. The maximum atomic E-state index is 9.76. The lowest BCUT2D eigenvalue weighted by Gasteiger charge is -2.00. The topological polar surface area (TPSA) is 130 Å². The molecule has 0 aliphatic carbocycles. The number of carbonyl (C=O) groups is 1. The number of hydrogen-bond acceptors (Lipinski definition) is 6. The monoisotopic (exact) mass is 274 g/mol. The van der Waals surface area contributed by atoms with Gasteiger partial charge in [-0.05, 0) is 30.7 Å². The highest BCUT2D eigenvalue weighted by Crippen LogP contribution is 2.24. The summed E-state index contributed by atoms with van der Waals surface area (Å²) in [5, 5.41) is 26.0. The Morgan fingerprint density at radius 2 is 1.94 bits per heavy atom. The van der Waals surface area contributed by atoms with Crippen molar-refractivity contribution >= 4 is 18.6 Å². The van der Waals surface area contributed by atoms with Gasteiger partial charge in [0.05, 0.1) is 0 Å². The fourth-order valence-corrected chi connectivity index (χ4v) is 1.13. The van der Waals surface area contributed by atoms with E-state index in [1.54, 1.807) is 6.07 Å². The third-order valence-electron chi connectivity index (χ3n) is 1.99. The molecule has 0 saturated heterocycles. The number of nitrogens with two attached hydrogens (primary N) is 2. The smallest absolute Gasteiger partial charge is 0.321 e. The summed E-state index contributed by atoms with van der Waals surface area (Å²) in [6, 6.07) is 3.90. The number of carboxylic acids is 1. The summed E-state index contributed by atoms with van der Waals surface area (Å²) in [5.74, 6) is -0.994. The molecular formula is C11H18N2O4S. The molecule has 102 valence electrons.